The van der Waals surface area contributed by atoms with E-state index in [2.05, 4.69) is 27.8 Å². The van der Waals surface area contributed by atoms with Crippen LogP contribution >= 0.6 is 24.0 Å². The molecular weight excluding hydrogens is 497 g/mol. The van der Waals surface area contributed by atoms with E-state index >= 15 is 0 Å². The quantitative estimate of drug-likeness (QED) is 0.124. The van der Waals surface area contributed by atoms with Crippen LogP contribution < -0.4 is 15.4 Å². The molecule has 1 rings (SSSR count). The van der Waals surface area contributed by atoms with E-state index in [0.717, 1.165) is 55.1 Å². The Morgan fingerprint density at radius 1 is 1.10 bits per heavy atom. The molecule has 1 aromatic carbocycles. The molecule has 0 spiro atoms. The van der Waals surface area contributed by atoms with Gasteiger partial charge in [-0.25, -0.2) is 0 Å². The van der Waals surface area contributed by atoms with Crippen LogP contribution in [0.5, 0.6) is 5.75 Å². The number of nitrogens with one attached hydrogen (secondary N) is 2. The number of guanidine groups is 1. The lowest BCUT2D eigenvalue weighted by Gasteiger charge is -2.15. The second-order valence-corrected chi connectivity index (χ2v) is 6.77. The summed E-state index contributed by atoms with van der Waals surface area (Å²) >= 11 is 0. The molecule has 7 nitrogen and oxygen atoms in total. The number of aliphatic imine (C=N–C) groups is 1. The number of hydrogen-bond acceptors (Lipinski definition) is 5. The van der Waals surface area contributed by atoms with Crippen LogP contribution in [0, 0.1) is 6.92 Å². The predicted molar refractivity (Wildman–Crippen MR) is 132 cm³/mol. The fourth-order valence-corrected chi connectivity index (χ4v) is 2.76. The Bertz CT molecular complexity index is 626. The van der Waals surface area contributed by atoms with Gasteiger partial charge in [0.2, 0.25) is 0 Å². The predicted octanol–water partition coefficient (Wildman–Crippen LogP) is 3.82. The molecule has 0 amide bonds. The standard InChI is InChI=1S/C22H37N3O4.HI/c1-5-28-21(26)10-8-6-7-9-13-24-22(23-3)25-17-19-12-11-18(2)16-20(19)29-15-14-27-4;/h11-12,16H,5-10,13-15,17H2,1-4H3,(H2,23,24,25);1H. The van der Waals surface area contributed by atoms with Crippen molar-refractivity contribution >= 4 is 35.9 Å². The molecular formula is C22H38IN3O4. The topological polar surface area (TPSA) is 81.2 Å². The fourth-order valence-electron chi connectivity index (χ4n) is 2.76. The molecule has 30 heavy (non-hydrogen) atoms. The van der Waals surface area contributed by atoms with Gasteiger partial charge in [-0.15, -0.1) is 24.0 Å². The van der Waals surface area contributed by atoms with Crippen molar-refractivity contribution in [1.82, 2.24) is 10.6 Å². The first-order valence-electron chi connectivity index (χ1n) is 10.4. The highest BCUT2D eigenvalue weighted by atomic mass is 127. The summed E-state index contributed by atoms with van der Waals surface area (Å²) in [7, 11) is 3.43. The van der Waals surface area contributed by atoms with Gasteiger partial charge in [-0.1, -0.05) is 25.0 Å². The minimum Gasteiger partial charge on any atom is -0.491 e. The zero-order valence-corrected chi connectivity index (χ0v) is 21.1. The maximum Gasteiger partial charge on any atom is 0.305 e. The third-order valence-electron chi connectivity index (χ3n) is 4.34. The Balaban J connectivity index is 0.00000841. The lowest BCUT2D eigenvalue weighted by Crippen LogP contribution is -2.37. The Morgan fingerprint density at radius 2 is 1.87 bits per heavy atom. The van der Waals surface area contributed by atoms with E-state index in [1.165, 1.54) is 0 Å². The number of hydrogen-bond donors (Lipinski definition) is 2. The molecule has 0 saturated heterocycles. The summed E-state index contributed by atoms with van der Waals surface area (Å²) in [5, 5.41) is 6.66. The largest absolute Gasteiger partial charge is 0.491 e. The number of esters is 1. The van der Waals surface area contributed by atoms with Gasteiger partial charge < -0.3 is 24.8 Å². The number of unbranched alkanes of at least 4 members (excludes halogenated alkanes) is 3. The second-order valence-electron chi connectivity index (χ2n) is 6.77. The molecule has 0 unspecified atom stereocenters. The molecule has 0 bridgehead atoms. The van der Waals surface area contributed by atoms with Crippen LogP contribution in [-0.4, -0.2) is 52.5 Å². The lowest BCUT2D eigenvalue weighted by atomic mass is 10.1. The molecule has 0 heterocycles. The SMILES string of the molecule is CCOC(=O)CCCCCCNC(=NC)NCc1ccc(C)cc1OCCOC.I. The molecule has 0 saturated carbocycles. The van der Waals surface area contributed by atoms with Crippen LogP contribution in [0.1, 0.15) is 50.2 Å². The van der Waals surface area contributed by atoms with Crippen LogP contribution in [0.2, 0.25) is 0 Å². The summed E-state index contributed by atoms with van der Waals surface area (Å²) in [5.41, 5.74) is 2.24. The zero-order chi connectivity index (χ0) is 21.3. The molecule has 8 heteroatoms. The Labute approximate surface area is 198 Å². The van der Waals surface area contributed by atoms with Gasteiger partial charge in [0.05, 0.1) is 13.2 Å². The first-order valence-corrected chi connectivity index (χ1v) is 10.4. The van der Waals surface area contributed by atoms with Crippen LogP contribution in [0.3, 0.4) is 0 Å². The minimum atomic E-state index is -0.100. The smallest absolute Gasteiger partial charge is 0.305 e. The van der Waals surface area contributed by atoms with Gasteiger partial charge >= 0.3 is 5.97 Å². The Hall–Kier alpha value is -1.55. The van der Waals surface area contributed by atoms with Crippen molar-refractivity contribution in [2.24, 2.45) is 4.99 Å². The summed E-state index contributed by atoms with van der Waals surface area (Å²) in [5.74, 6) is 1.53. The fraction of sp³-hybridized carbons (Fsp3) is 0.636. The average Bonchev–Trinajstić information content (AvgIpc) is 2.71. The molecule has 0 radical (unpaired) electrons. The van der Waals surface area contributed by atoms with Crippen molar-refractivity contribution in [2.45, 2.75) is 52.5 Å². The molecule has 172 valence electrons. The highest BCUT2D eigenvalue weighted by Crippen LogP contribution is 2.20. The lowest BCUT2D eigenvalue weighted by molar-refractivity contribution is -0.143. The van der Waals surface area contributed by atoms with Crippen LogP contribution in [0.25, 0.3) is 0 Å². The molecule has 1 aromatic rings. The van der Waals surface area contributed by atoms with Crippen molar-refractivity contribution in [3.63, 3.8) is 0 Å². The molecule has 0 aliphatic rings. The number of nitrogens with zero attached hydrogens (tertiary/aromatic N) is 1. The number of benzene rings is 1. The van der Waals surface area contributed by atoms with E-state index < -0.39 is 0 Å². The summed E-state index contributed by atoms with van der Waals surface area (Å²) in [6.45, 7) is 6.89. The molecule has 0 fully saturated rings. The monoisotopic (exact) mass is 535 g/mol. The first kappa shape index (κ1) is 28.5. The highest BCUT2D eigenvalue weighted by molar-refractivity contribution is 14.0. The van der Waals surface area contributed by atoms with Gasteiger partial charge in [0, 0.05) is 39.2 Å². The summed E-state index contributed by atoms with van der Waals surface area (Å²) in [6.07, 6.45) is 4.51. The van der Waals surface area contributed by atoms with Gasteiger partial charge in [0.15, 0.2) is 5.96 Å². The number of rotatable bonds is 14. The minimum absolute atomic E-state index is 0. The van der Waals surface area contributed by atoms with Crippen molar-refractivity contribution in [1.29, 1.82) is 0 Å². The summed E-state index contributed by atoms with van der Waals surface area (Å²) in [4.78, 5) is 15.6. The molecule has 0 aliphatic heterocycles. The summed E-state index contributed by atoms with van der Waals surface area (Å²) in [6, 6.07) is 6.19. The number of aryl methyl sites for hydroxylation is 1. The zero-order valence-electron chi connectivity index (χ0n) is 18.8. The first-order chi connectivity index (χ1) is 14.1. The van der Waals surface area contributed by atoms with Gasteiger partial charge in [0.1, 0.15) is 12.4 Å². The third-order valence-corrected chi connectivity index (χ3v) is 4.34. The van der Waals surface area contributed by atoms with Crippen molar-refractivity contribution in [3.05, 3.63) is 29.3 Å². The van der Waals surface area contributed by atoms with E-state index in [1.807, 2.05) is 19.9 Å². The maximum atomic E-state index is 11.3. The molecule has 2 N–H and O–H groups in total. The van der Waals surface area contributed by atoms with Crippen LogP contribution in [0.4, 0.5) is 0 Å². The van der Waals surface area contributed by atoms with Gasteiger partial charge in [-0.05, 0) is 38.3 Å². The van der Waals surface area contributed by atoms with E-state index in [9.17, 15) is 4.79 Å². The van der Waals surface area contributed by atoms with E-state index in [4.69, 9.17) is 14.2 Å². The number of ether oxygens (including phenoxy) is 3. The van der Waals surface area contributed by atoms with E-state index in [0.29, 0.717) is 32.8 Å². The number of methoxy groups -OCH3 is 1. The molecule has 0 aromatic heterocycles. The number of carbonyl (C=O) groups excluding carboxylic acids is 1. The average molecular weight is 535 g/mol. The van der Waals surface area contributed by atoms with Crippen LogP contribution in [-0.2, 0) is 20.8 Å². The van der Waals surface area contributed by atoms with Gasteiger partial charge in [0.25, 0.3) is 0 Å². The maximum absolute atomic E-state index is 11.3. The molecule has 0 aliphatic carbocycles. The van der Waals surface area contributed by atoms with E-state index in [-0.39, 0.29) is 29.9 Å². The third kappa shape index (κ3) is 12.9. The van der Waals surface area contributed by atoms with Crippen molar-refractivity contribution in [3.8, 4) is 5.75 Å². The second kappa shape index (κ2) is 18.2. The van der Waals surface area contributed by atoms with Gasteiger partial charge in [-0.3, -0.25) is 9.79 Å². The van der Waals surface area contributed by atoms with Crippen molar-refractivity contribution in [2.75, 3.05) is 40.5 Å². The number of carbonyl (C=O) groups is 1. The van der Waals surface area contributed by atoms with Gasteiger partial charge in [-0.2, -0.15) is 0 Å². The Morgan fingerprint density at radius 3 is 2.57 bits per heavy atom. The van der Waals surface area contributed by atoms with Crippen LogP contribution in [0.15, 0.2) is 23.2 Å². The number of halogens is 1. The Kier molecular flexibility index (Phi) is 17.3. The van der Waals surface area contributed by atoms with Crippen molar-refractivity contribution < 1.29 is 19.0 Å². The van der Waals surface area contributed by atoms with E-state index in [1.54, 1.807) is 14.2 Å². The molecule has 0 atom stereocenters. The highest BCUT2D eigenvalue weighted by Gasteiger charge is 2.06. The normalized spacial score (nSPS) is 10.9. The summed E-state index contributed by atoms with van der Waals surface area (Å²) < 4.78 is 15.8.